The standard InChI is InChI=1S/C22H32FN3O2/c1-17-6-7-18(14-20(17)23)15-24-21(27)16-25-12-8-19(9-13-25)22(28)26-10-4-2-3-5-11-26/h6-7,14,19H,2-5,8-13,15-16H2,1H3,(H,24,27). The molecule has 6 heteroatoms. The van der Waals surface area contributed by atoms with Crippen molar-refractivity contribution in [3.63, 3.8) is 0 Å². The minimum atomic E-state index is -0.247. The van der Waals surface area contributed by atoms with Crippen molar-refractivity contribution < 1.29 is 14.0 Å². The summed E-state index contributed by atoms with van der Waals surface area (Å²) in [6.07, 6.45) is 6.35. The van der Waals surface area contributed by atoms with Crippen molar-refractivity contribution in [3.8, 4) is 0 Å². The van der Waals surface area contributed by atoms with Crippen LogP contribution in [0.3, 0.4) is 0 Å². The maximum Gasteiger partial charge on any atom is 0.234 e. The van der Waals surface area contributed by atoms with E-state index in [4.69, 9.17) is 0 Å². The summed E-state index contributed by atoms with van der Waals surface area (Å²) in [5.74, 6) is 0.113. The van der Waals surface area contributed by atoms with Crippen LogP contribution in [-0.4, -0.2) is 54.3 Å². The van der Waals surface area contributed by atoms with E-state index < -0.39 is 0 Å². The van der Waals surface area contributed by atoms with Gasteiger partial charge in [0.2, 0.25) is 11.8 Å². The van der Waals surface area contributed by atoms with Crippen LogP contribution < -0.4 is 5.32 Å². The molecule has 0 aliphatic carbocycles. The fourth-order valence-corrected chi connectivity index (χ4v) is 4.09. The second-order valence-corrected chi connectivity index (χ2v) is 8.15. The number of carbonyl (C=O) groups is 2. The van der Waals surface area contributed by atoms with E-state index in [9.17, 15) is 14.0 Å². The van der Waals surface area contributed by atoms with Gasteiger partial charge in [-0.3, -0.25) is 14.5 Å². The van der Waals surface area contributed by atoms with Crippen LogP contribution in [0.25, 0.3) is 0 Å². The third-order valence-corrected chi connectivity index (χ3v) is 5.95. The van der Waals surface area contributed by atoms with Crippen LogP contribution in [0.4, 0.5) is 4.39 Å². The van der Waals surface area contributed by atoms with Crippen molar-refractivity contribution in [2.45, 2.75) is 52.0 Å². The molecular weight excluding hydrogens is 357 g/mol. The van der Waals surface area contributed by atoms with Crippen molar-refractivity contribution in [2.24, 2.45) is 5.92 Å². The van der Waals surface area contributed by atoms with Crippen molar-refractivity contribution in [1.29, 1.82) is 0 Å². The second-order valence-electron chi connectivity index (χ2n) is 8.15. The van der Waals surface area contributed by atoms with Gasteiger partial charge < -0.3 is 10.2 Å². The highest BCUT2D eigenvalue weighted by Crippen LogP contribution is 2.21. The number of piperidine rings is 1. The average Bonchev–Trinajstić information content (AvgIpc) is 2.98. The van der Waals surface area contributed by atoms with Crippen LogP contribution >= 0.6 is 0 Å². The number of hydrogen-bond acceptors (Lipinski definition) is 3. The Balaban J connectivity index is 1.39. The molecule has 2 amide bonds. The van der Waals surface area contributed by atoms with Crippen LogP contribution in [0.1, 0.15) is 49.7 Å². The summed E-state index contributed by atoms with van der Waals surface area (Å²) in [5.41, 5.74) is 1.37. The molecule has 0 bridgehead atoms. The molecule has 2 saturated heterocycles. The van der Waals surface area contributed by atoms with Crippen LogP contribution in [0, 0.1) is 18.7 Å². The molecule has 0 radical (unpaired) electrons. The fourth-order valence-electron chi connectivity index (χ4n) is 4.09. The Labute approximate surface area is 167 Å². The third kappa shape index (κ3) is 5.77. The molecule has 2 aliphatic heterocycles. The van der Waals surface area contributed by atoms with E-state index in [-0.39, 0.29) is 17.6 Å². The number of hydrogen-bond donors (Lipinski definition) is 1. The predicted molar refractivity (Wildman–Crippen MR) is 107 cm³/mol. The minimum Gasteiger partial charge on any atom is -0.351 e. The summed E-state index contributed by atoms with van der Waals surface area (Å²) in [6, 6.07) is 5.02. The summed E-state index contributed by atoms with van der Waals surface area (Å²) >= 11 is 0. The highest BCUT2D eigenvalue weighted by atomic mass is 19.1. The first kappa shape index (κ1) is 20.8. The molecule has 28 heavy (non-hydrogen) atoms. The molecular formula is C22H32FN3O2. The van der Waals surface area contributed by atoms with Gasteiger partial charge in [0.15, 0.2) is 0 Å². The number of rotatable bonds is 5. The summed E-state index contributed by atoms with van der Waals surface area (Å²) in [7, 11) is 0. The Hall–Kier alpha value is -1.95. The number of halogens is 1. The number of carbonyl (C=O) groups excluding carboxylic acids is 2. The van der Waals surface area contributed by atoms with E-state index >= 15 is 0 Å². The van der Waals surface area contributed by atoms with Gasteiger partial charge >= 0.3 is 0 Å². The van der Waals surface area contributed by atoms with Gasteiger partial charge in [0.1, 0.15) is 5.82 Å². The molecule has 0 aromatic heterocycles. The smallest absolute Gasteiger partial charge is 0.234 e. The van der Waals surface area contributed by atoms with Gasteiger partial charge in [0, 0.05) is 25.6 Å². The first-order valence-electron chi connectivity index (χ1n) is 10.6. The highest BCUT2D eigenvalue weighted by Gasteiger charge is 2.29. The maximum atomic E-state index is 13.6. The zero-order chi connectivity index (χ0) is 19.9. The third-order valence-electron chi connectivity index (χ3n) is 5.95. The first-order chi connectivity index (χ1) is 13.5. The average molecular weight is 390 g/mol. The van der Waals surface area contributed by atoms with Gasteiger partial charge in [0.05, 0.1) is 6.54 Å². The molecule has 2 heterocycles. The normalized spacial score (nSPS) is 19.3. The topological polar surface area (TPSA) is 52.7 Å². The summed E-state index contributed by atoms with van der Waals surface area (Å²) in [4.78, 5) is 29.1. The van der Waals surface area contributed by atoms with Crippen molar-refractivity contribution in [2.75, 3.05) is 32.7 Å². The van der Waals surface area contributed by atoms with Crippen LogP contribution in [-0.2, 0) is 16.1 Å². The molecule has 1 aromatic carbocycles. The van der Waals surface area contributed by atoms with E-state index in [0.29, 0.717) is 24.6 Å². The maximum absolute atomic E-state index is 13.6. The molecule has 1 aromatic rings. The number of benzene rings is 1. The molecule has 0 saturated carbocycles. The number of aryl methyl sites for hydroxylation is 1. The van der Waals surface area contributed by atoms with Gasteiger partial charge in [-0.2, -0.15) is 0 Å². The molecule has 3 rings (SSSR count). The van der Waals surface area contributed by atoms with Gasteiger partial charge in [-0.05, 0) is 62.9 Å². The van der Waals surface area contributed by atoms with Gasteiger partial charge in [-0.15, -0.1) is 0 Å². The lowest BCUT2D eigenvalue weighted by molar-refractivity contribution is -0.137. The van der Waals surface area contributed by atoms with E-state index in [1.807, 2.05) is 6.07 Å². The van der Waals surface area contributed by atoms with E-state index in [2.05, 4.69) is 15.1 Å². The van der Waals surface area contributed by atoms with Crippen LogP contribution in [0.15, 0.2) is 18.2 Å². The predicted octanol–water partition coefficient (Wildman–Crippen LogP) is 2.86. The zero-order valence-corrected chi connectivity index (χ0v) is 16.9. The molecule has 0 unspecified atom stereocenters. The summed E-state index contributed by atoms with van der Waals surface area (Å²) in [6.45, 7) is 5.74. The van der Waals surface area contributed by atoms with Gasteiger partial charge in [0.25, 0.3) is 0 Å². The SMILES string of the molecule is Cc1ccc(CNC(=O)CN2CCC(C(=O)N3CCCCCC3)CC2)cc1F. The lowest BCUT2D eigenvalue weighted by atomic mass is 9.95. The van der Waals surface area contributed by atoms with Crippen LogP contribution in [0.5, 0.6) is 0 Å². The Morgan fingerprint density at radius 1 is 1.07 bits per heavy atom. The van der Waals surface area contributed by atoms with Crippen LogP contribution in [0.2, 0.25) is 0 Å². The van der Waals surface area contributed by atoms with Crippen molar-refractivity contribution in [3.05, 3.63) is 35.1 Å². The quantitative estimate of drug-likeness (QED) is 0.843. The zero-order valence-electron chi connectivity index (χ0n) is 16.9. The molecule has 0 atom stereocenters. The van der Waals surface area contributed by atoms with Crippen molar-refractivity contribution in [1.82, 2.24) is 15.1 Å². The Morgan fingerprint density at radius 3 is 2.39 bits per heavy atom. The highest BCUT2D eigenvalue weighted by molar-refractivity contribution is 5.79. The number of amides is 2. The Kier molecular flexibility index (Phi) is 7.43. The van der Waals surface area contributed by atoms with Crippen molar-refractivity contribution >= 4 is 11.8 Å². The number of nitrogens with one attached hydrogen (secondary N) is 1. The largest absolute Gasteiger partial charge is 0.351 e. The Morgan fingerprint density at radius 2 is 1.75 bits per heavy atom. The molecule has 0 spiro atoms. The van der Waals surface area contributed by atoms with E-state index in [1.165, 1.54) is 18.9 Å². The molecule has 2 fully saturated rings. The summed E-state index contributed by atoms with van der Waals surface area (Å²) in [5, 5.41) is 2.86. The molecule has 1 N–H and O–H groups in total. The van der Waals surface area contributed by atoms with E-state index in [0.717, 1.165) is 57.4 Å². The molecule has 5 nitrogen and oxygen atoms in total. The lowest BCUT2D eigenvalue weighted by Crippen LogP contribution is -2.45. The first-order valence-corrected chi connectivity index (χ1v) is 10.6. The lowest BCUT2D eigenvalue weighted by Gasteiger charge is -2.33. The monoisotopic (exact) mass is 389 g/mol. The number of likely N-dealkylation sites (tertiary alicyclic amines) is 2. The van der Waals surface area contributed by atoms with Gasteiger partial charge in [-0.25, -0.2) is 4.39 Å². The summed E-state index contributed by atoms with van der Waals surface area (Å²) < 4.78 is 13.6. The fraction of sp³-hybridized carbons (Fsp3) is 0.636. The second kappa shape index (κ2) is 10.0. The Bertz CT molecular complexity index is 678. The van der Waals surface area contributed by atoms with Gasteiger partial charge in [-0.1, -0.05) is 25.0 Å². The number of nitrogens with zero attached hydrogens (tertiary/aromatic N) is 2. The molecule has 2 aliphatic rings. The minimum absolute atomic E-state index is 0.0572. The molecule has 154 valence electrons. The van der Waals surface area contributed by atoms with E-state index in [1.54, 1.807) is 13.0 Å².